The monoisotopic (exact) mass is 425 g/mol. The minimum atomic E-state index is 0.797. The van der Waals surface area contributed by atoms with Gasteiger partial charge in [-0.25, -0.2) is 4.98 Å². The second-order valence-corrected chi connectivity index (χ2v) is 10.0. The number of thiophene rings is 1. The number of aryl methyl sites for hydroxylation is 1. The van der Waals surface area contributed by atoms with E-state index < -0.39 is 0 Å². The third kappa shape index (κ3) is 3.03. The van der Waals surface area contributed by atoms with Gasteiger partial charge in [0.15, 0.2) is 10.6 Å². The minimum absolute atomic E-state index is 0.797. The van der Waals surface area contributed by atoms with E-state index in [1.54, 1.807) is 0 Å². The number of morpholine rings is 1. The molecule has 0 saturated carbocycles. The average molecular weight is 426 g/mol. The number of hydrogen-bond donors (Lipinski definition) is 0. The Balaban J connectivity index is 1.53. The number of piperidine rings is 1. The van der Waals surface area contributed by atoms with Crippen LogP contribution in [-0.2, 0) is 17.6 Å². The van der Waals surface area contributed by atoms with Crippen LogP contribution in [0.1, 0.15) is 43.7 Å². The van der Waals surface area contributed by atoms with E-state index in [0.717, 1.165) is 69.5 Å². The highest BCUT2D eigenvalue weighted by Gasteiger charge is 2.31. The average Bonchev–Trinajstić information content (AvgIpc) is 3.19. The number of nitrogens with zero attached hydrogens (tertiary/aromatic N) is 5. The standard InChI is InChI=1S/C22H28N6OS/c1-14-6-8-27(9-7-14)21-19-18(24-26-25-21)17-15-4-2-3-5-16(15)20(23-22(17)30-19)28-10-12-29-13-11-28/h14H,2-13H2,1H3/p+1. The van der Waals surface area contributed by atoms with E-state index in [-0.39, 0.29) is 0 Å². The highest BCUT2D eigenvalue weighted by molar-refractivity contribution is 7.25. The zero-order chi connectivity index (χ0) is 20.1. The van der Waals surface area contributed by atoms with Gasteiger partial charge in [-0.15, -0.1) is 10.2 Å². The van der Waals surface area contributed by atoms with Gasteiger partial charge < -0.3 is 9.64 Å². The summed E-state index contributed by atoms with van der Waals surface area (Å²) in [4.78, 5) is 9.95. The molecule has 0 unspecified atom stereocenters. The van der Waals surface area contributed by atoms with Gasteiger partial charge >= 0.3 is 0 Å². The summed E-state index contributed by atoms with van der Waals surface area (Å²) in [6.45, 7) is 7.99. The van der Waals surface area contributed by atoms with Crippen LogP contribution in [0.2, 0.25) is 0 Å². The molecule has 2 fully saturated rings. The molecule has 6 rings (SSSR count). The van der Waals surface area contributed by atoms with Gasteiger partial charge in [-0.2, -0.15) is 0 Å². The van der Waals surface area contributed by atoms with Crippen molar-refractivity contribution in [1.29, 1.82) is 0 Å². The Kier molecular flexibility index (Phi) is 4.71. The lowest BCUT2D eigenvalue weighted by molar-refractivity contribution is -0.328. The molecule has 2 saturated heterocycles. The number of nitrogens with one attached hydrogen (secondary N) is 1. The molecule has 0 atom stereocenters. The molecular weight excluding hydrogens is 396 g/mol. The van der Waals surface area contributed by atoms with Crippen molar-refractivity contribution in [2.24, 2.45) is 5.92 Å². The maximum absolute atomic E-state index is 5.61. The van der Waals surface area contributed by atoms with Crippen molar-refractivity contribution in [2.45, 2.75) is 45.4 Å². The fraction of sp³-hybridized carbons (Fsp3) is 0.636. The lowest BCUT2D eigenvalue weighted by atomic mass is 9.90. The summed E-state index contributed by atoms with van der Waals surface area (Å²) in [5, 5.41) is 14.6. The molecule has 0 aromatic carbocycles. The summed E-state index contributed by atoms with van der Waals surface area (Å²) in [6.07, 6.45) is 7.22. The van der Waals surface area contributed by atoms with Crippen LogP contribution in [0, 0.1) is 5.92 Å². The van der Waals surface area contributed by atoms with E-state index in [0.29, 0.717) is 0 Å². The summed E-state index contributed by atoms with van der Waals surface area (Å²) in [6, 6.07) is 0. The molecule has 0 amide bonds. The second-order valence-electron chi connectivity index (χ2n) is 9.00. The van der Waals surface area contributed by atoms with Crippen LogP contribution in [0.3, 0.4) is 0 Å². The van der Waals surface area contributed by atoms with Gasteiger partial charge in [0.05, 0.1) is 18.6 Å². The Morgan fingerprint density at radius 3 is 2.53 bits per heavy atom. The van der Waals surface area contributed by atoms with Gasteiger partial charge in [0, 0.05) is 18.7 Å². The molecule has 0 bridgehead atoms. The van der Waals surface area contributed by atoms with Crippen molar-refractivity contribution in [2.75, 3.05) is 49.2 Å². The molecule has 3 aromatic rings. The number of H-pyrrole nitrogens is 1. The number of anilines is 2. The molecule has 7 nitrogen and oxygen atoms in total. The van der Waals surface area contributed by atoms with Crippen molar-refractivity contribution in [3.05, 3.63) is 11.1 Å². The second kappa shape index (κ2) is 7.57. The van der Waals surface area contributed by atoms with Crippen LogP contribution in [0.5, 0.6) is 0 Å². The Morgan fingerprint density at radius 1 is 0.967 bits per heavy atom. The SMILES string of the molecule is CC1CCN(c2nnnc3c2sc2[nH+]c(N4CCOCC4)c4c(c23)CCCC4)CC1. The van der Waals surface area contributed by atoms with E-state index >= 15 is 0 Å². The number of hydrogen-bond acceptors (Lipinski definition) is 7. The molecule has 1 aliphatic carbocycles. The van der Waals surface area contributed by atoms with Gasteiger partial charge in [-0.1, -0.05) is 18.3 Å². The molecular formula is C22H29N6OS+. The van der Waals surface area contributed by atoms with E-state index in [9.17, 15) is 0 Å². The van der Waals surface area contributed by atoms with Crippen LogP contribution in [0.25, 0.3) is 20.4 Å². The number of rotatable bonds is 2. The van der Waals surface area contributed by atoms with Crippen LogP contribution in [0.4, 0.5) is 11.6 Å². The van der Waals surface area contributed by atoms with Crippen molar-refractivity contribution in [3.8, 4) is 0 Å². The topological polar surface area (TPSA) is 68.5 Å². The van der Waals surface area contributed by atoms with E-state index in [1.165, 1.54) is 57.5 Å². The van der Waals surface area contributed by atoms with Crippen LogP contribution in [0.15, 0.2) is 0 Å². The summed E-state index contributed by atoms with van der Waals surface area (Å²) in [7, 11) is 0. The molecule has 30 heavy (non-hydrogen) atoms. The molecule has 5 heterocycles. The first-order valence-electron chi connectivity index (χ1n) is 11.4. The van der Waals surface area contributed by atoms with Gasteiger partial charge in [-0.3, -0.25) is 4.90 Å². The Labute approximate surface area is 180 Å². The smallest absolute Gasteiger partial charge is 0.279 e. The number of aromatic amines is 1. The van der Waals surface area contributed by atoms with Crippen LogP contribution >= 0.6 is 11.3 Å². The first kappa shape index (κ1) is 18.7. The lowest BCUT2D eigenvalue weighted by Crippen LogP contribution is -2.40. The lowest BCUT2D eigenvalue weighted by Gasteiger charge is -2.30. The molecule has 158 valence electrons. The quantitative estimate of drug-likeness (QED) is 0.629. The maximum Gasteiger partial charge on any atom is 0.279 e. The van der Waals surface area contributed by atoms with E-state index in [2.05, 4.69) is 37.1 Å². The Morgan fingerprint density at radius 2 is 1.73 bits per heavy atom. The van der Waals surface area contributed by atoms with Gasteiger partial charge in [0.25, 0.3) is 5.82 Å². The minimum Gasteiger partial charge on any atom is -0.373 e. The Hall–Kier alpha value is -2.06. The summed E-state index contributed by atoms with van der Waals surface area (Å²) in [5.74, 6) is 3.13. The van der Waals surface area contributed by atoms with Crippen LogP contribution in [-0.4, -0.2) is 54.8 Å². The van der Waals surface area contributed by atoms with Crippen LogP contribution < -0.4 is 14.8 Å². The molecule has 3 aromatic heterocycles. The number of aromatic nitrogens is 4. The Bertz CT molecular complexity index is 1080. The summed E-state index contributed by atoms with van der Waals surface area (Å²) in [5.41, 5.74) is 4.02. The maximum atomic E-state index is 5.61. The molecule has 1 N–H and O–H groups in total. The zero-order valence-electron chi connectivity index (χ0n) is 17.6. The first-order chi connectivity index (χ1) is 14.8. The highest BCUT2D eigenvalue weighted by Crippen LogP contribution is 2.41. The zero-order valence-corrected chi connectivity index (χ0v) is 18.4. The molecule has 8 heteroatoms. The largest absolute Gasteiger partial charge is 0.373 e. The molecule has 2 aliphatic heterocycles. The van der Waals surface area contributed by atoms with Gasteiger partial charge in [0.2, 0.25) is 0 Å². The summed E-state index contributed by atoms with van der Waals surface area (Å²) < 4.78 is 6.80. The van der Waals surface area contributed by atoms with Gasteiger partial charge in [-0.05, 0) is 55.2 Å². The normalized spacial score (nSPS) is 20.8. The molecule has 0 spiro atoms. The summed E-state index contributed by atoms with van der Waals surface area (Å²) >= 11 is 1.81. The third-order valence-electron chi connectivity index (χ3n) is 7.07. The van der Waals surface area contributed by atoms with Crippen molar-refractivity contribution in [3.63, 3.8) is 0 Å². The molecule has 0 radical (unpaired) electrons. The molecule has 3 aliphatic rings. The predicted octanol–water partition coefficient (Wildman–Crippen LogP) is 3.01. The number of ether oxygens (including phenoxy) is 1. The van der Waals surface area contributed by atoms with Crippen molar-refractivity contribution < 1.29 is 9.72 Å². The fourth-order valence-electron chi connectivity index (χ4n) is 5.30. The van der Waals surface area contributed by atoms with Gasteiger partial charge in [0.1, 0.15) is 23.3 Å². The third-order valence-corrected chi connectivity index (χ3v) is 8.16. The first-order valence-corrected chi connectivity index (χ1v) is 12.2. The fourth-order valence-corrected chi connectivity index (χ4v) is 6.48. The van der Waals surface area contributed by atoms with Crippen molar-refractivity contribution >= 4 is 43.4 Å². The predicted molar refractivity (Wildman–Crippen MR) is 120 cm³/mol. The number of fused-ring (bicyclic) bond motifs is 5. The highest BCUT2D eigenvalue weighted by atomic mass is 32.1. The van der Waals surface area contributed by atoms with Crippen molar-refractivity contribution in [1.82, 2.24) is 15.4 Å². The number of pyridine rings is 1. The van der Waals surface area contributed by atoms with E-state index in [4.69, 9.17) is 4.74 Å². The van der Waals surface area contributed by atoms with E-state index in [1.807, 2.05) is 11.3 Å².